The topological polar surface area (TPSA) is 51.5 Å². The fraction of sp³-hybridized carbons (Fsp3) is 0.267. The summed E-state index contributed by atoms with van der Waals surface area (Å²) in [5, 5.41) is 2.74. The molecule has 2 aromatic rings. The van der Waals surface area contributed by atoms with Gasteiger partial charge in [-0.05, 0) is 24.1 Å². The van der Waals surface area contributed by atoms with Crippen LogP contribution in [0.15, 0.2) is 40.8 Å². The van der Waals surface area contributed by atoms with E-state index in [1.165, 1.54) is 30.3 Å². The maximum atomic E-state index is 13.0. The number of rotatable bonds is 5. The Labute approximate surface area is 116 Å². The first-order valence-corrected chi connectivity index (χ1v) is 6.36. The van der Waals surface area contributed by atoms with Crippen molar-refractivity contribution in [1.82, 2.24) is 5.32 Å². The number of amides is 1. The minimum Gasteiger partial charge on any atom is -0.426 e. The second kappa shape index (κ2) is 6.23. The van der Waals surface area contributed by atoms with E-state index in [-0.39, 0.29) is 17.6 Å². The predicted molar refractivity (Wildman–Crippen MR) is 72.4 cm³/mol. The summed E-state index contributed by atoms with van der Waals surface area (Å²) in [4.78, 5) is 11.7. The van der Waals surface area contributed by atoms with Crippen molar-refractivity contribution in [2.75, 3.05) is 6.54 Å². The van der Waals surface area contributed by atoms with E-state index >= 15 is 0 Å². The molecule has 1 N–H and O–H groups in total. The molecule has 0 aliphatic heterocycles. The molecule has 106 valence electrons. The fourth-order valence-corrected chi connectivity index (χ4v) is 1.53. The van der Waals surface area contributed by atoms with Gasteiger partial charge in [0.2, 0.25) is 0 Å². The van der Waals surface area contributed by atoms with Gasteiger partial charge in [0.1, 0.15) is 11.6 Å². The Hall–Kier alpha value is -2.30. The smallest absolute Gasteiger partial charge is 0.290 e. The van der Waals surface area contributed by atoms with Gasteiger partial charge in [-0.2, -0.15) is 0 Å². The van der Waals surface area contributed by atoms with Crippen LogP contribution in [0.1, 0.15) is 24.4 Å². The third-order valence-electron chi connectivity index (χ3n) is 2.49. The second-order valence-corrected chi connectivity index (χ2v) is 4.78. The summed E-state index contributed by atoms with van der Waals surface area (Å²) in [6.45, 7) is 4.57. The number of ether oxygens (including phenoxy) is 1. The zero-order valence-electron chi connectivity index (χ0n) is 11.4. The first kappa shape index (κ1) is 14.1. The molecule has 2 rings (SSSR count). The average molecular weight is 277 g/mol. The molecule has 4 nitrogen and oxygen atoms in total. The molecule has 0 fully saturated rings. The van der Waals surface area contributed by atoms with Crippen LogP contribution in [0, 0.1) is 11.7 Å². The highest BCUT2D eigenvalue weighted by atomic mass is 19.1. The van der Waals surface area contributed by atoms with Gasteiger partial charge in [-0.1, -0.05) is 19.9 Å². The molecule has 0 bridgehead atoms. The molecule has 0 saturated carbocycles. The van der Waals surface area contributed by atoms with Crippen molar-refractivity contribution in [2.24, 2.45) is 5.92 Å². The van der Waals surface area contributed by atoms with Crippen molar-refractivity contribution in [3.8, 4) is 11.7 Å². The molecule has 0 atom stereocenters. The van der Waals surface area contributed by atoms with E-state index in [2.05, 4.69) is 5.32 Å². The van der Waals surface area contributed by atoms with Gasteiger partial charge in [0, 0.05) is 18.7 Å². The highest BCUT2D eigenvalue weighted by Crippen LogP contribution is 2.24. The molecule has 0 aliphatic rings. The summed E-state index contributed by atoms with van der Waals surface area (Å²) in [6, 6.07) is 8.73. The van der Waals surface area contributed by atoms with Crippen LogP contribution < -0.4 is 10.1 Å². The second-order valence-electron chi connectivity index (χ2n) is 4.78. The van der Waals surface area contributed by atoms with E-state index in [9.17, 15) is 9.18 Å². The number of carbonyl (C=O) groups excluding carboxylic acids is 1. The van der Waals surface area contributed by atoms with Crippen molar-refractivity contribution in [3.63, 3.8) is 0 Å². The summed E-state index contributed by atoms with van der Waals surface area (Å²) in [7, 11) is 0. The summed E-state index contributed by atoms with van der Waals surface area (Å²) in [6.07, 6.45) is 0. The molecule has 1 heterocycles. The van der Waals surface area contributed by atoms with Crippen LogP contribution in [0.5, 0.6) is 11.7 Å². The van der Waals surface area contributed by atoms with E-state index < -0.39 is 5.82 Å². The lowest BCUT2D eigenvalue weighted by atomic mass is 10.2. The van der Waals surface area contributed by atoms with Gasteiger partial charge in [-0.25, -0.2) is 4.39 Å². The monoisotopic (exact) mass is 277 g/mol. The molecule has 1 aromatic heterocycles. The van der Waals surface area contributed by atoms with Crippen molar-refractivity contribution in [3.05, 3.63) is 48.0 Å². The standard InChI is InChI=1S/C15H16FNO3/c1-10(2)9-17-15(18)13-6-7-14(20-13)19-12-5-3-4-11(16)8-12/h3-8,10H,9H2,1-2H3,(H,17,18). The third kappa shape index (κ3) is 3.85. The zero-order valence-corrected chi connectivity index (χ0v) is 11.4. The van der Waals surface area contributed by atoms with Gasteiger partial charge < -0.3 is 14.5 Å². The van der Waals surface area contributed by atoms with Gasteiger partial charge in [-0.15, -0.1) is 0 Å². The van der Waals surface area contributed by atoms with Gasteiger partial charge >= 0.3 is 0 Å². The van der Waals surface area contributed by atoms with Crippen LogP contribution in [-0.2, 0) is 0 Å². The Morgan fingerprint density at radius 1 is 1.35 bits per heavy atom. The number of benzene rings is 1. The van der Waals surface area contributed by atoms with E-state index in [0.717, 1.165) is 0 Å². The van der Waals surface area contributed by atoms with Gasteiger partial charge in [0.05, 0.1) is 0 Å². The SMILES string of the molecule is CC(C)CNC(=O)c1ccc(Oc2cccc(F)c2)o1. The lowest BCUT2D eigenvalue weighted by Crippen LogP contribution is -2.26. The van der Waals surface area contributed by atoms with E-state index in [0.29, 0.717) is 18.2 Å². The highest BCUT2D eigenvalue weighted by Gasteiger charge is 2.12. The maximum Gasteiger partial charge on any atom is 0.290 e. The Balaban J connectivity index is 2.00. The van der Waals surface area contributed by atoms with E-state index in [4.69, 9.17) is 9.15 Å². The average Bonchev–Trinajstić information content (AvgIpc) is 2.84. The van der Waals surface area contributed by atoms with Crippen LogP contribution in [0.4, 0.5) is 4.39 Å². The minimum atomic E-state index is -0.399. The van der Waals surface area contributed by atoms with Crippen LogP contribution >= 0.6 is 0 Å². The normalized spacial score (nSPS) is 10.6. The molecular weight excluding hydrogens is 261 g/mol. The Bertz CT molecular complexity index is 592. The van der Waals surface area contributed by atoms with Gasteiger partial charge in [-0.3, -0.25) is 4.79 Å². The molecular formula is C15H16FNO3. The maximum absolute atomic E-state index is 13.0. The van der Waals surface area contributed by atoms with Crippen LogP contribution in [0.3, 0.4) is 0 Å². The lowest BCUT2D eigenvalue weighted by molar-refractivity contribution is 0.0916. The number of carbonyl (C=O) groups is 1. The lowest BCUT2D eigenvalue weighted by Gasteiger charge is -2.05. The third-order valence-corrected chi connectivity index (χ3v) is 2.49. The molecule has 20 heavy (non-hydrogen) atoms. The van der Waals surface area contributed by atoms with Crippen LogP contribution in [-0.4, -0.2) is 12.5 Å². The zero-order chi connectivity index (χ0) is 14.5. The minimum absolute atomic E-state index is 0.144. The Kier molecular flexibility index (Phi) is 4.40. The van der Waals surface area contributed by atoms with Crippen LogP contribution in [0.2, 0.25) is 0 Å². The molecule has 1 amide bonds. The Morgan fingerprint density at radius 3 is 2.85 bits per heavy atom. The first-order chi connectivity index (χ1) is 9.54. The summed E-state index contributed by atoms with van der Waals surface area (Å²) in [5.41, 5.74) is 0. The van der Waals surface area contributed by atoms with Crippen molar-refractivity contribution < 1.29 is 18.3 Å². The predicted octanol–water partition coefficient (Wildman–Crippen LogP) is 3.60. The number of furan rings is 1. The van der Waals surface area contributed by atoms with E-state index in [1.807, 2.05) is 13.8 Å². The first-order valence-electron chi connectivity index (χ1n) is 6.36. The van der Waals surface area contributed by atoms with Crippen molar-refractivity contribution >= 4 is 5.91 Å². The molecule has 0 radical (unpaired) electrons. The highest BCUT2D eigenvalue weighted by molar-refractivity contribution is 5.91. The number of hydrogen-bond acceptors (Lipinski definition) is 3. The van der Waals surface area contributed by atoms with Crippen molar-refractivity contribution in [1.29, 1.82) is 0 Å². The molecule has 0 saturated heterocycles. The molecule has 5 heteroatoms. The summed E-state index contributed by atoms with van der Waals surface area (Å²) >= 11 is 0. The number of halogens is 1. The van der Waals surface area contributed by atoms with Gasteiger partial charge in [0.25, 0.3) is 11.9 Å². The molecule has 1 aromatic carbocycles. The molecule has 0 unspecified atom stereocenters. The molecule has 0 spiro atoms. The largest absolute Gasteiger partial charge is 0.426 e. The van der Waals surface area contributed by atoms with E-state index in [1.54, 1.807) is 6.07 Å². The van der Waals surface area contributed by atoms with Gasteiger partial charge in [0.15, 0.2) is 5.76 Å². The molecule has 0 aliphatic carbocycles. The summed E-state index contributed by atoms with van der Waals surface area (Å²) < 4.78 is 23.6. The van der Waals surface area contributed by atoms with Crippen molar-refractivity contribution in [2.45, 2.75) is 13.8 Å². The quantitative estimate of drug-likeness (QED) is 0.908. The number of nitrogens with one attached hydrogen (secondary N) is 1. The fourth-order valence-electron chi connectivity index (χ4n) is 1.53. The number of hydrogen-bond donors (Lipinski definition) is 1. The van der Waals surface area contributed by atoms with Crippen LogP contribution in [0.25, 0.3) is 0 Å². The summed E-state index contributed by atoms with van der Waals surface area (Å²) in [5.74, 6) is 0.282. The Morgan fingerprint density at radius 2 is 2.15 bits per heavy atom.